The molecule has 0 spiro atoms. The Kier molecular flexibility index (Phi) is 5.11. The van der Waals surface area contributed by atoms with Gasteiger partial charge in [-0.1, -0.05) is 24.3 Å². The molecule has 2 rings (SSSR count). The Morgan fingerprint density at radius 2 is 1.63 bits per heavy atom. The number of hydrogen-bond donors (Lipinski definition) is 0. The van der Waals surface area contributed by atoms with Crippen LogP contribution in [-0.2, 0) is 0 Å². The lowest BCUT2D eigenvalue weighted by Crippen LogP contribution is -2.32. The summed E-state index contributed by atoms with van der Waals surface area (Å²) in [7, 11) is 0. The minimum absolute atomic E-state index is 0.278. The number of nitriles is 1. The molecule has 1 aromatic rings. The minimum atomic E-state index is -1.84. The van der Waals surface area contributed by atoms with Gasteiger partial charge in [-0.3, -0.25) is 40.5 Å². The van der Waals surface area contributed by atoms with E-state index in [2.05, 4.69) is 0 Å². The van der Waals surface area contributed by atoms with Crippen molar-refractivity contribution in [2.45, 2.75) is 5.92 Å². The Morgan fingerprint density at radius 1 is 1.00 bits per heavy atom. The first-order valence-electron chi connectivity index (χ1n) is 7.05. The molecule has 1 aliphatic carbocycles. The van der Waals surface area contributed by atoms with E-state index in [9.17, 15) is 45.7 Å². The number of nitro groups is 4. The third kappa shape index (κ3) is 3.54. The van der Waals surface area contributed by atoms with Crippen molar-refractivity contribution in [3.63, 3.8) is 0 Å². The van der Waals surface area contributed by atoms with E-state index in [1.165, 1.54) is 12.1 Å². The van der Waals surface area contributed by atoms with Crippen LogP contribution in [0.25, 0.3) is 0 Å². The Morgan fingerprint density at radius 3 is 2.11 bits per heavy atom. The quantitative estimate of drug-likeness (QED) is 0.405. The lowest BCUT2D eigenvalue weighted by molar-refractivity contribution is -0.488. The van der Waals surface area contributed by atoms with Crippen LogP contribution in [-0.4, -0.2) is 19.7 Å². The smallest absolute Gasteiger partial charge is 0.273 e. The zero-order valence-corrected chi connectivity index (χ0v) is 13.1. The van der Waals surface area contributed by atoms with E-state index in [0.717, 1.165) is 12.1 Å². The van der Waals surface area contributed by atoms with Gasteiger partial charge in [-0.15, -0.1) is 0 Å². The van der Waals surface area contributed by atoms with Crippen LogP contribution in [0.1, 0.15) is 11.5 Å². The Balaban J connectivity index is 2.72. The van der Waals surface area contributed by atoms with Gasteiger partial charge in [0, 0.05) is 17.7 Å². The van der Waals surface area contributed by atoms with Crippen molar-refractivity contribution in [3.05, 3.63) is 99.9 Å². The monoisotopic (exact) mass is 374 g/mol. The molecule has 1 aliphatic rings. The second-order valence-electron chi connectivity index (χ2n) is 5.23. The normalized spacial score (nSPS) is 17.1. The van der Waals surface area contributed by atoms with E-state index in [4.69, 9.17) is 0 Å². The van der Waals surface area contributed by atoms with Crippen molar-refractivity contribution in [1.29, 1.82) is 5.26 Å². The average molecular weight is 374 g/mol. The molecular weight excluding hydrogens is 366 g/mol. The maximum atomic E-state index is 11.4. The van der Waals surface area contributed by atoms with Crippen LogP contribution in [0, 0.1) is 63.7 Å². The first-order chi connectivity index (χ1) is 12.7. The lowest BCUT2D eigenvalue weighted by Gasteiger charge is -2.28. The zero-order chi connectivity index (χ0) is 20.3. The van der Waals surface area contributed by atoms with E-state index in [-0.39, 0.29) is 5.56 Å². The van der Waals surface area contributed by atoms with Crippen molar-refractivity contribution in [2.75, 3.05) is 0 Å². The molecule has 1 aromatic carbocycles. The maximum Gasteiger partial charge on any atom is 0.273 e. The number of hydrogen-bond acceptors (Lipinski definition) is 9. The van der Waals surface area contributed by atoms with Crippen molar-refractivity contribution >= 4 is 5.69 Å². The predicted octanol–water partition coefficient (Wildman–Crippen LogP) is 1.96. The maximum absolute atomic E-state index is 11.4. The fraction of sp³-hybridized carbons (Fsp3) is 0.143. The van der Waals surface area contributed by atoms with Gasteiger partial charge in [-0.05, 0) is 9.85 Å². The Hall–Kier alpha value is -4.34. The van der Waals surface area contributed by atoms with E-state index in [1.807, 2.05) is 0 Å². The molecule has 0 fully saturated rings. The van der Waals surface area contributed by atoms with Crippen LogP contribution in [0.2, 0.25) is 0 Å². The number of nitro benzene ring substituents is 1. The number of benzene rings is 1. The molecule has 0 amide bonds. The molecule has 0 aliphatic heterocycles. The zero-order valence-electron chi connectivity index (χ0n) is 13.1. The highest BCUT2D eigenvalue weighted by atomic mass is 16.6. The highest BCUT2D eigenvalue weighted by Crippen LogP contribution is 2.43. The summed E-state index contributed by atoms with van der Waals surface area (Å²) in [5.41, 5.74) is -2.71. The minimum Gasteiger partial charge on any atom is -0.277 e. The molecule has 0 aromatic heterocycles. The van der Waals surface area contributed by atoms with Gasteiger partial charge in [0.05, 0.1) is 27.8 Å². The lowest BCUT2D eigenvalue weighted by atomic mass is 9.77. The number of rotatable bonds is 6. The second kappa shape index (κ2) is 7.27. The number of allylic oxidation sites excluding steroid dienone is 1. The number of nitrogens with zero attached hydrogens (tertiary/aromatic N) is 5. The molecule has 27 heavy (non-hydrogen) atoms. The molecule has 138 valence electrons. The summed E-state index contributed by atoms with van der Waals surface area (Å²) in [5.74, 6) is -3.53. The fourth-order valence-electron chi connectivity index (χ4n) is 2.70. The van der Waals surface area contributed by atoms with E-state index >= 15 is 0 Å². The molecule has 13 nitrogen and oxygen atoms in total. The van der Waals surface area contributed by atoms with Gasteiger partial charge >= 0.3 is 0 Å². The first-order valence-corrected chi connectivity index (χ1v) is 7.05. The molecule has 0 heterocycles. The predicted molar refractivity (Wildman–Crippen MR) is 85.3 cm³/mol. The SMILES string of the molecule is N#CC(c1ccccc1[N+](=O)[O-])C1C([N+](=O)[O-])=CC([N+](=O)[O-])=C[C-]1[N+](=O)[O-]. The standard InChI is InChI=1S/C14H8N5O8/c15-7-10(9-3-1-2-4-11(9)17(22)23)14-12(18(24)25)5-8(16(20)21)6-13(14)19(26)27/h1-6,10,14H/q-1. The van der Waals surface area contributed by atoms with Crippen LogP contribution < -0.4 is 0 Å². The van der Waals surface area contributed by atoms with Crippen molar-refractivity contribution in [2.24, 2.45) is 5.92 Å². The number of para-hydroxylation sites is 1. The topological polar surface area (TPSA) is 196 Å². The van der Waals surface area contributed by atoms with E-state index in [1.54, 1.807) is 6.07 Å². The molecule has 0 bridgehead atoms. The first kappa shape index (κ1) is 19.0. The highest BCUT2D eigenvalue weighted by molar-refractivity contribution is 5.48. The second-order valence-corrected chi connectivity index (χ2v) is 5.23. The van der Waals surface area contributed by atoms with E-state index in [0.29, 0.717) is 12.2 Å². The fourth-order valence-corrected chi connectivity index (χ4v) is 2.70. The average Bonchev–Trinajstić information content (AvgIpc) is 2.61. The summed E-state index contributed by atoms with van der Waals surface area (Å²) >= 11 is 0. The van der Waals surface area contributed by atoms with Gasteiger partial charge in [-0.2, -0.15) is 5.26 Å². The Bertz CT molecular complexity index is 947. The van der Waals surface area contributed by atoms with Gasteiger partial charge in [0.1, 0.15) is 11.7 Å². The van der Waals surface area contributed by atoms with Crippen molar-refractivity contribution < 1.29 is 19.7 Å². The van der Waals surface area contributed by atoms with Crippen LogP contribution in [0.15, 0.2) is 47.8 Å². The summed E-state index contributed by atoms with van der Waals surface area (Å²) in [6, 6.07) is 5.47. The van der Waals surface area contributed by atoms with Gasteiger partial charge in [-0.25, -0.2) is 0 Å². The Labute approximate surface area is 149 Å². The van der Waals surface area contributed by atoms with Gasteiger partial charge < -0.3 is 0 Å². The molecule has 0 N–H and O–H groups in total. The largest absolute Gasteiger partial charge is 0.277 e. The van der Waals surface area contributed by atoms with Crippen LogP contribution >= 0.6 is 0 Å². The van der Waals surface area contributed by atoms with Crippen LogP contribution in [0.4, 0.5) is 5.69 Å². The molecule has 0 saturated carbocycles. The summed E-state index contributed by atoms with van der Waals surface area (Å²) < 4.78 is 0. The molecule has 2 unspecified atom stereocenters. The summed E-state index contributed by atoms with van der Waals surface area (Å²) in [6.45, 7) is 0. The summed E-state index contributed by atoms with van der Waals surface area (Å²) in [5, 5.41) is 54.4. The molecule has 13 heteroatoms. The van der Waals surface area contributed by atoms with Gasteiger partial charge in [0.2, 0.25) is 5.70 Å². The van der Waals surface area contributed by atoms with Crippen molar-refractivity contribution in [1.82, 2.24) is 0 Å². The summed E-state index contributed by atoms with van der Waals surface area (Å²) in [4.78, 5) is 40.9. The third-order valence-corrected chi connectivity index (χ3v) is 3.80. The van der Waals surface area contributed by atoms with Gasteiger partial charge in [0.15, 0.2) is 0 Å². The van der Waals surface area contributed by atoms with Crippen LogP contribution in [0.5, 0.6) is 0 Å². The molecule has 2 atom stereocenters. The highest BCUT2D eigenvalue weighted by Gasteiger charge is 2.45. The van der Waals surface area contributed by atoms with E-state index < -0.39 is 54.7 Å². The third-order valence-electron chi connectivity index (χ3n) is 3.80. The van der Waals surface area contributed by atoms with Gasteiger partial charge in [0.25, 0.3) is 5.69 Å². The summed E-state index contributed by atoms with van der Waals surface area (Å²) in [6.07, 6.45) is 1.02. The molecule has 0 radical (unpaired) electrons. The molecule has 0 saturated heterocycles. The van der Waals surface area contributed by atoms with Crippen LogP contribution in [0.3, 0.4) is 0 Å². The van der Waals surface area contributed by atoms with Crippen molar-refractivity contribution in [3.8, 4) is 6.07 Å². The molecular formula is C14H8N5O8-.